The van der Waals surface area contributed by atoms with Crippen LogP contribution in [0.25, 0.3) is 15.8 Å². The van der Waals surface area contributed by atoms with Crippen LogP contribution in [0.15, 0.2) is 52.3 Å². The van der Waals surface area contributed by atoms with Crippen molar-refractivity contribution in [3.8, 4) is 5.69 Å². The monoisotopic (exact) mass is 506 g/mol. The van der Waals surface area contributed by atoms with E-state index in [9.17, 15) is 23.3 Å². The number of rotatable bonds is 6. The van der Waals surface area contributed by atoms with Gasteiger partial charge in [0.05, 0.1) is 33.6 Å². The van der Waals surface area contributed by atoms with Crippen molar-refractivity contribution in [2.45, 2.75) is 11.4 Å². The van der Waals surface area contributed by atoms with E-state index in [1.807, 2.05) is 6.07 Å². The molecule has 0 fully saturated rings. The van der Waals surface area contributed by atoms with Gasteiger partial charge < -0.3 is 4.90 Å². The lowest BCUT2D eigenvalue weighted by Crippen LogP contribution is -2.20. The maximum atomic E-state index is 12.6. The molecule has 4 aromatic rings. The zero-order chi connectivity index (χ0) is 23.9. The van der Waals surface area contributed by atoms with Crippen LogP contribution in [-0.2, 0) is 16.4 Å². The number of non-ortho nitro benzene ring substituents is 1. The van der Waals surface area contributed by atoms with Gasteiger partial charge in [-0.15, -0.1) is 5.10 Å². The second kappa shape index (κ2) is 8.50. The van der Waals surface area contributed by atoms with Crippen molar-refractivity contribution in [1.29, 1.82) is 0 Å². The molecule has 0 bridgehead atoms. The number of halogens is 1. The van der Waals surface area contributed by atoms with Crippen LogP contribution < -0.4 is 10.5 Å². The van der Waals surface area contributed by atoms with Gasteiger partial charge in [-0.2, -0.15) is 4.98 Å². The second-order valence-electron chi connectivity index (χ2n) is 7.14. The van der Waals surface area contributed by atoms with Gasteiger partial charge in [0.1, 0.15) is 10.4 Å². The largest absolute Gasteiger partial charge is 0.345 e. The van der Waals surface area contributed by atoms with Gasteiger partial charge in [-0.05, 0) is 24.3 Å². The minimum Gasteiger partial charge on any atom is -0.345 e. The molecule has 0 saturated heterocycles. The normalized spacial score (nSPS) is 11.6. The molecule has 2 aromatic carbocycles. The van der Waals surface area contributed by atoms with Crippen LogP contribution in [0.2, 0.25) is 5.02 Å². The molecular weight excluding hydrogens is 492 g/mol. The van der Waals surface area contributed by atoms with Gasteiger partial charge in [-0.25, -0.2) is 13.1 Å². The molecule has 0 spiro atoms. The molecule has 33 heavy (non-hydrogen) atoms. The Labute approximate surface area is 195 Å². The smallest absolute Gasteiger partial charge is 0.288 e. The lowest BCUT2D eigenvalue weighted by atomic mass is 10.2. The number of nitro benzene ring substituents is 1. The molecular formula is C19H15ClN6O5S2. The number of benzene rings is 2. The Kier molecular flexibility index (Phi) is 5.86. The summed E-state index contributed by atoms with van der Waals surface area (Å²) in [7, 11) is -2.11. The maximum Gasteiger partial charge on any atom is 0.288 e. The number of hydrogen-bond acceptors (Lipinski definition) is 10. The van der Waals surface area contributed by atoms with Gasteiger partial charge in [0, 0.05) is 24.4 Å². The third-order valence-electron chi connectivity index (χ3n) is 4.63. The Morgan fingerprint density at radius 3 is 2.70 bits per heavy atom. The van der Waals surface area contributed by atoms with Gasteiger partial charge in [-0.3, -0.25) is 14.9 Å². The minimum atomic E-state index is -3.76. The summed E-state index contributed by atoms with van der Waals surface area (Å²) in [5.41, 5.74) is 0.0383. The van der Waals surface area contributed by atoms with Gasteiger partial charge in [0.2, 0.25) is 0 Å². The van der Waals surface area contributed by atoms with Gasteiger partial charge in [-0.1, -0.05) is 34.2 Å². The van der Waals surface area contributed by atoms with Crippen LogP contribution >= 0.6 is 22.9 Å². The minimum absolute atomic E-state index is 0.0387. The van der Waals surface area contributed by atoms with Crippen molar-refractivity contribution in [2.24, 2.45) is 0 Å². The lowest BCUT2D eigenvalue weighted by Gasteiger charge is -2.15. The van der Waals surface area contributed by atoms with E-state index >= 15 is 0 Å². The van der Waals surface area contributed by atoms with E-state index in [1.54, 1.807) is 41.0 Å². The van der Waals surface area contributed by atoms with Crippen LogP contribution in [0.3, 0.4) is 0 Å². The van der Waals surface area contributed by atoms with Crippen molar-refractivity contribution >= 4 is 53.7 Å². The summed E-state index contributed by atoms with van der Waals surface area (Å²) in [6, 6.07) is 9.13. The number of nitrogens with zero attached hydrogens (tertiary/aromatic N) is 6. The molecule has 11 nitrogen and oxygen atoms in total. The summed E-state index contributed by atoms with van der Waals surface area (Å²) >= 11 is 6.92. The summed E-state index contributed by atoms with van der Waals surface area (Å²) in [6.45, 7) is 0.213. The summed E-state index contributed by atoms with van der Waals surface area (Å²) in [6.07, 6.45) is 2.60. The van der Waals surface area contributed by atoms with Crippen molar-refractivity contribution in [1.82, 2.24) is 20.0 Å². The Morgan fingerprint density at radius 1 is 1.27 bits per heavy atom. The number of anilines is 1. The molecule has 0 aliphatic heterocycles. The first kappa shape index (κ1) is 22.8. The lowest BCUT2D eigenvalue weighted by molar-refractivity contribution is -0.383. The third-order valence-corrected chi connectivity index (χ3v) is 7.17. The average molecular weight is 507 g/mol. The van der Waals surface area contributed by atoms with E-state index in [1.165, 1.54) is 0 Å². The number of fused-ring (bicyclic) bond motifs is 1. The predicted octanol–water partition coefficient (Wildman–Crippen LogP) is 2.84. The van der Waals surface area contributed by atoms with Crippen molar-refractivity contribution < 1.29 is 13.3 Å². The second-order valence-corrected chi connectivity index (χ2v) is 10.6. The zero-order valence-corrected chi connectivity index (χ0v) is 19.6. The number of sulfone groups is 1. The Balaban J connectivity index is 1.71. The molecule has 14 heteroatoms. The Morgan fingerprint density at radius 2 is 2.03 bits per heavy atom. The average Bonchev–Trinajstić information content (AvgIpc) is 3.20. The van der Waals surface area contributed by atoms with E-state index < -0.39 is 26.0 Å². The van der Waals surface area contributed by atoms with Gasteiger partial charge in [0.15, 0.2) is 15.0 Å². The van der Waals surface area contributed by atoms with Crippen molar-refractivity contribution in [3.05, 3.63) is 73.8 Å². The van der Waals surface area contributed by atoms with Crippen LogP contribution in [-0.4, -0.2) is 46.6 Å². The molecule has 0 N–H and O–H groups in total. The van der Waals surface area contributed by atoms with Crippen LogP contribution in [0.4, 0.5) is 10.8 Å². The summed E-state index contributed by atoms with van der Waals surface area (Å²) in [4.78, 5) is 28.8. The molecule has 0 unspecified atom stereocenters. The molecule has 0 aliphatic rings. The van der Waals surface area contributed by atoms with Crippen molar-refractivity contribution in [3.63, 3.8) is 0 Å². The first-order valence-corrected chi connectivity index (χ1v) is 12.3. The fourth-order valence-corrected chi connectivity index (χ4v) is 4.92. The molecule has 170 valence electrons. The van der Waals surface area contributed by atoms with Crippen molar-refractivity contribution in [2.75, 3.05) is 18.2 Å². The molecule has 0 radical (unpaired) electrons. The quantitative estimate of drug-likeness (QED) is 0.285. The standard InChI is InChI=1S/C19H15ClN6O5S2/c1-24(9-12-10-25(23-22-12)13-5-3-4-11(20)6-13)19-21-18(27)15-7-14(33(2,30)31)8-16(26(28)29)17(15)32-19/h3-8,10H,9H2,1-2H3. The highest BCUT2D eigenvalue weighted by Gasteiger charge is 2.23. The fraction of sp³-hybridized carbons (Fsp3) is 0.158. The van der Waals surface area contributed by atoms with E-state index in [0.29, 0.717) is 10.7 Å². The highest BCUT2D eigenvalue weighted by atomic mass is 35.5. The first-order chi connectivity index (χ1) is 15.5. The van der Waals surface area contributed by atoms with Crippen LogP contribution in [0.1, 0.15) is 5.69 Å². The van der Waals surface area contributed by atoms with E-state index in [4.69, 9.17) is 11.6 Å². The summed E-state index contributed by atoms with van der Waals surface area (Å²) in [5.74, 6) is 0. The number of hydrogen-bond donors (Lipinski definition) is 0. The molecule has 4 rings (SSSR count). The Bertz CT molecular complexity index is 1570. The van der Waals surface area contributed by atoms with E-state index in [2.05, 4.69) is 15.3 Å². The number of aromatic nitrogens is 4. The summed E-state index contributed by atoms with van der Waals surface area (Å²) < 4.78 is 25.4. The van der Waals surface area contributed by atoms with Crippen LogP contribution in [0, 0.1) is 10.1 Å². The Hall–Kier alpha value is -3.42. The fourth-order valence-electron chi connectivity index (χ4n) is 3.05. The summed E-state index contributed by atoms with van der Waals surface area (Å²) in [5, 5.41) is 20.4. The third kappa shape index (κ3) is 4.69. The first-order valence-electron chi connectivity index (χ1n) is 9.24. The SMILES string of the molecule is CN(Cc1cn(-c2cccc(Cl)c2)nn1)c1nc(=O)c2cc(S(C)(=O)=O)cc([N+](=O)[O-])c2s1. The molecule has 0 amide bonds. The van der Waals surface area contributed by atoms with E-state index in [0.717, 1.165) is 35.4 Å². The molecule has 2 aromatic heterocycles. The molecule has 2 heterocycles. The molecule has 0 atom stereocenters. The highest BCUT2D eigenvalue weighted by Crippen LogP contribution is 2.34. The molecule has 0 saturated carbocycles. The maximum absolute atomic E-state index is 12.6. The topological polar surface area (TPSA) is 141 Å². The predicted molar refractivity (Wildman–Crippen MR) is 124 cm³/mol. The number of nitro groups is 1. The molecule has 0 aliphatic carbocycles. The van der Waals surface area contributed by atoms with Gasteiger partial charge in [0.25, 0.3) is 11.2 Å². The van der Waals surface area contributed by atoms with Gasteiger partial charge >= 0.3 is 0 Å². The highest BCUT2D eigenvalue weighted by molar-refractivity contribution is 7.90. The van der Waals surface area contributed by atoms with Crippen LogP contribution in [0.5, 0.6) is 0 Å². The zero-order valence-electron chi connectivity index (χ0n) is 17.2. The van der Waals surface area contributed by atoms with E-state index in [-0.39, 0.29) is 26.7 Å².